The lowest BCUT2D eigenvalue weighted by atomic mass is 10.1. The highest BCUT2D eigenvalue weighted by molar-refractivity contribution is 7.09. The first-order valence-electron chi connectivity index (χ1n) is 11.7. The third-order valence-corrected chi connectivity index (χ3v) is 7.04. The second-order valence-corrected chi connectivity index (χ2v) is 10.00. The molecule has 0 saturated carbocycles. The standard InChI is InChI=1S/C25H31N5O3S/c1-17(2)20-16-34-22(26-20)7-5-18-9-12-30-21(15-18)27-24(19(25(30)33)6-8-23(31)32)29-11-4-10-28(3)13-14-29/h6,8-9,12,15-17H,4-5,7,10-11,13-14H2,1-3H3,(H,31,32)/b8-6+. The predicted octanol–water partition coefficient (Wildman–Crippen LogP) is 3.30. The maximum atomic E-state index is 13.3. The van der Waals surface area contributed by atoms with Gasteiger partial charge in [-0.1, -0.05) is 13.8 Å². The van der Waals surface area contributed by atoms with Crippen molar-refractivity contribution in [2.24, 2.45) is 0 Å². The van der Waals surface area contributed by atoms with E-state index in [1.54, 1.807) is 17.5 Å². The minimum absolute atomic E-state index is 0.261. The van der Waals surface area contributed by atoms with Crippen molar-refractivity contribution >= 4 is 34.8 Å². The zero-order valence-electron chi connectivity index (χ0n) is 19.9. The van der Waals surface area contributed by atoms with E-state index >= 15 is 0 Å². The fourth-order valence-electron chi connectivity index (χ4n) is 4.09. The molecule has 4 rings (SSSR count). The van der Waals surface area contributed by atoms with Crippen molar-refractivity contribution in [2.75, 3.05) is 38.1 Å². The number of aromatic nitrogens is 3. The Bertz CT molecular complexity index is 1260. The minimum Gasteiger partial charge on any atom is -0.478 e. The Morgan fingerprint density at radius 1 is 1.21 bits per heavy atom. The van der Waals surface area contributed by atoms with Gasteiger partial charge in [-0.05, 0) is 56.1 Å². The number of rotatable bonds is 7. The molecule has 1 aliphatic heterocycles. The van der Waals surface area contributed by atoms with Gasteiger partial charge in [0.1, 0.15) is 11.5 Å². The Hall–Kier alpha value is -3.04. The molecule has 0 aliphatic carbocycles. The fourth-order valence-corrected chi connectivity index (χ4v) is 5.05. The Balaban J connectivity index is 1.68. The van der Waals surface area contributed by atoms with Crippen LogP contribution in [0.2, 0.25) is 0 Å². The molecule has 8 nitrogen and oxygen atoms in total. The second kappa shape index (κ2) is 10.5. The van der Waals surface area contributed by atoms with Crippen LogP contribution in [0.5, 0.6) is 0 Å². The molecule has 0 amide bonds. The van der Waals surface area contributed by atoms with Crippen molar-refractivity contribution in [3.8, 4) is 0 Å². The number of anilines is 1. The summed E-state index contributed by atoms with van der Waals surface area (Å²) in [5.74, 6) is -0.121. The van der Waals surface area contributed by atoms with Crippen molar-refractivity contribution in [3.63, 3.8) is 0 Å². The number of aryl methyl sites for hydroxylation is 2. The Morgan fingerprint density at radius 2 is 2.03 bits per heavy atom. The lowest BCUT2D eigenvalue weighted by Gasteiger charge is -2.23. The molecule has 1 fully saturated rings. The Morgan fingerprint density at radius 3 is 2.76 bits per heavy atom. The SMILES string of the molecule is CC(C)c1csc(CCc2ccn3c(=O)c(/C=C/C(=O)O)c(N4CCCN(C)CC4)nc3c2)n1. The lowest BCUT2D eigenvalue weighted by Crippen LogP contribution is -2.32. The summed E-state index contributed by atoms with van der Waals surface area (Å²) in [6.45, 7) is 7.62. The van der Waals surface area contributed by atoms with E-state index in [1.807, 2.05) is 12.1 Å². The average Bonchev–Trinajstić information content (AvgIpc) is 3.18. The number of carbonyl (C=O) groups is 1. The monoisotopic (exact) mass is 481 g/mol. The molecule has 1 saturated heterocycles. The normalized spacial score (nSPS) is 15.5. The van der Waals surface area contributed by atoms with Gasteiger partial charge in [-0.3, -0.25) is 9.20 Å². The quantitative estimate of drug-likeness (QED) is 0.518. The van der Waals surface area contributed by atoms with Gasteiger partial charge in [-0.2, -0.15) is 0 Å². The Labute approximate surface area is 203 Å². The third-order valence-electron chi connectivity index (χ3n) is 6.11. The van der Waals surface area contributed by atoms with E-state index in [1.165, 1.54) is 10.5 Å². The third kappa shape index (κ3) is 5.53. The van der Waals surface area contributed by atoms with E-state index in [0.29, 0.717) is 22.9 Å². The van der Waals surface area contributed by atoms with Gasteiger partial charge in [-0.25, -0.2) is 14.8 Å². The van der Waals surface area contributed by atoms with Crippen LogP contribution in [0.15, 0.2) is 34.6 Å². The second-order valence-electron chi connectivity index (χ2n) is 9.05. The number of fused-ring (bicyclic) bond motifs is 1. The maximum absolute atomic E-state index is 13.3. The molecule has 1 aliphatic rings. The van der Waals surface area contributed by atoms with Crippen molar-refractivity contribution in [2.45, 2.75) is 39.0 Å². The molecule has 0 radical (unpaired) electrons. The van der Waals surface area contributed by atoms with E-state index < -0.39 is 5.97 Å². The summed E-state index contributed by atoms with van der Waals surface area (Å²) in [5.41, 5.74) is 2.83. The topological polar surface area (TPSA) is 91.0 Å². The number of pyridine rings is 1. The summed E-state index contributed by atoms with van der Waals surface area (Å²) < 4.78 is 1.50. The van der Waals surface area contributed by atoms with Gasteiger partial charge in [-0.15, -0.1) is 11.3 Å². The molecule has 0 aromatic carbocycles. The van der Waals surface area contributed by atoms with Gasteiger partial charge in [0.15, 0.2) is 0 Å². The number of hydrogen-bond acceptors (Lipinski definition) is 7. The highest BCUT2D eigenvalue weighted by Gasteiger charge is 2.20. The van der Waals surface area contributed by atoms with Crippen LogP contribution in [-0.2, 0) is 17.6 Å². The number of likely N-dealkylation sites (N-methyl/N-ethyl adjacent to an activating group) is 1. The van der Waals surface area contributed by atoms with E-state index in [9.17, 15) is 9.59 Å². The van der Waals surface area contributed by atoms with E-state index in [-0.39, 0.29) is 5.56 Å². The predicted molar refractivity (Wildman–Crippen MR) is 136 cm³/mol. The van der Waals surface area contributed by atoms with Crippen LogP contribution >= 0.6 is 11.3 Å². The first kappa shape index (κ1) is 24.1. The van der Waals surface area contributed by atoms with Crippen molar-refractivity contribution < 1.29 is 9.90 Å². The largest absolute Gasteiger partial charge is 0.478 e. The van der Waals surface area contributed by atoms with Gasteiger partial charge < -0.3 is 14.9 Å². The molecular formula is C25H31N5O3S. The lowest BCUT2D eigenvalue weighted by molar-refractivity contribution is -0.131. The van der Waals surface area contributed by atoms with E-state index in [2.05, 4.69) is 36.1 Å². The zero-order valence-corrected chi connectivity index (χ0v) is 20.7. The summed E-state index contributed by atoms with van der Waals surface area (Å²) in [4.78, 5) is 38.4. The minimum atomic E-state index is -1.09. The van der Waals surface area contributed by atoms with Crippen LogP contribution in [0.4, 0.5) is 5.82 Å². The summed E-state index contributed by atoms with van der Waals surface area (Å²) in [6.07, 6.45) is 6.71. The first-order chi connectivity index (χ1) is 16.3. The number of carboxylic acid groups (broad SMARTS) is 1. The zero-order chi connectivity index (χ0) is 24.2. The van der Waals surface area contributed by atoms with Crippen LogP contribution in [0, 0.1) is 0 Å². The van der Waals surface area contributed by atoms with Gasteiger partial charge >= 0.3 is 5.97 Å². The summed E-state index contributed by atoms with van der Waals surface area (Å²) in [7, 11) is 2.08. The van der Waals surface area contributed by atoms with Gasteiger partial charge in [0.25, 0.3) is 5.56 Å². The van der Waals surface area contributed by atoms with E-state index in [4.69, 9.17) is 15.1 Å². The molecule has 0 atom stereocenters. The van der Waals surface area contributed by atoms with Crippen molar-refractivity contribution in [1.29, 1.82) is 0 Å². The molecule has 180 valence electrons. The van der Waals surface area contributed by atoms with Crippen molar-refractivity contribution in [3.05, 3.63) is 62.0 Å². The molecule has 9 heteroatoms. The summed E-state index contributed by atoms with van der Waals surface area (Å²) in [6, 6.07) is 3.88. The maximum Gasteiger partial charge on any atom is 0.328 e. The van der Waals surface area contributed by atoms with Crippen LogP contribution < -0.4 is 10.5 Å². The van der Waals surface area contributed by atoms with Gasteiger partial charge in [0.05, 0.1) is 16.3 Å². The molecule has 34 heavy (non-hydrogen) atoms. The average molecular weight is 482 g/mol. The number of thiazole rings is 1. The highest BCUT2D eigenvalue weighted by atomic mass is 32.1. The van der Waals surface area contributed by atoms with Crippen LogP contribution in [0.1, 0.15) is 48.0 Å². The van der Waals surface area contributed by atoms with E-state index in [0.717, 1.165) is 67.8 Å². The van der Waals surface area contributed by atoms with Gasteiger partial charge in [0, 0.05) is 43.7 Å². The number of nitrogens with zero attached hydrogens (tertiary/aromatic N) is 5. The summed E-state index contributed by atoms with van der Waals surface area (Å²) >= 11 is 1.69. The molecule has 3 aromatic rings. The number of hydrogen-bond donors (Lipinski definition) is 1. The van der Waals surface area contributed by atoms with Crippen molar-refractivity contribution in [1.82, 2.24) is 19.3 Å². The molecule has 3 aromatic heterocycles. The first-order valence-corrected chi connectivity index (χ1v) is 12.5. The van der Waals surface area contributed by atoms with Gasteiger partial charge in [0.2, 0.25) is 0 Å². The molecule has 0 spiro atoms. The highest BCUT2D eigenvalue weighted by Crippen LogP contribution is 2.22. The molecule has 1 N–H and O–H groups in total. The molecule has 0 bridgehead atoms. The molecule has 4 heterocycles. The number of aliphatic carboxylic acids is 1. The molecule has 0 unspecified atom stereocenters. The number of carboxylic acids is 1. The van der Waals surface area contributed by atoms with Crippen LogP contribution in [0.25, 0.3) is 11.7 Å². The van der Waals surface area contributed by atoms with Crippen LogP contribution in [0.3, 0.4) is 0 Å². The smallest absolute Gasteiger partial charge is 0.328 e. The fraction of sp³-hybridized carbons (Fsp3) is 0.440. The summed E-state index contributed by atoms with van der Waals surface area (Å²) in [5, 5.41) is 12.4. The Kier molecular flexibility index (Phi) is 7.43. The molecular weight excluding hydrogens is 450 g/mol. The van der Waals surface area contributed by atoms with Crippen LogP contribution in [-0.4, -0.2) is 63.6 Å².